The van der Waals surface area contributed by atoms with Crippen LogP contribution in [0.25, 0.3) is 0 Å². The van der Waals surface area contributed by atoms with E-state index in [1.807, 2.05) is 31.2 Å². The molecule has 0 radical (unpaired) electrons. The predicted octanol–water partition coefficient (Wildman–Crippen LogP) is 3.06. The zero-order valence-electron chi connectivity index (χ0n) is 13.2. The summed E-state index contributed by atoms with van der Waals surface area (Å²) in [6.07, 6.45) is 6.83. The van der Waals surface area contributed by atoms with E-state index in [-0.39, 0.29) is 17.7 Å². The highest BCUT2D eigenvalue weighted by atomic mass is 16.2. The molecule has 2 atom stereocenters. The number of carbonyl (C=O) groups excluding carboxylic acids is 2. The molecule has 2 aromatic rings. The van der Waals surface area contributed by atoms with Crippen molar-refractivity contribution in [3.63, 3.8) is 0 Å². The van der Waals surface area contributed by atoms with E-state index in [0.717, 1.165) is 36.8 Å². The van der Waals surface area contributed by atoms with Gasteiger partial charge in [0.25, 0.3) is 0 Å². The molecule has 0 saturated heterocycles. The highest BCUT2D eigenvalue weighted by Crippen LogP contribution is 2.26. The average molecular weight is 311 g/mol. The van der Waals surface area contributed by atoms with Crippen molar-refractivity contribution in [2.45, 2.75) is 38.5 Å². The largest absolute Gasteiger partial charge is 0.331 e. The van der Waals surface area contributed by atoms with Gasteiger partial charge >= 0.3 is 0 Å². The second-order valence-electron chi connectivity index (χ2n) is 6.15. The van der Waals surface area contributed by atoms with Crippen LogP contribution in [0.15, 0.2) is 36.7 Å². The second-order valence-corrected chi connectivity index (χ2v) is 6.15. The molecule has 5 heteroatoms. The van der Waals surface area contributed by atoms with Crippen LogP contribution in [0.4, 0.5) is 5.95 Å². The number of nitrogens with zero attached hydrogens (tertiary/aromatic N) is 1. The van der Waals surface area contributed by atoms with Gasteiger partial charge in [0.2, 0.25) is 11.9 Å². The minimum absolute atomic E-state index is 0.0985. The molecule has 1 fully saturated rings. The first-order valence-corrected chi connectivity index (χ1v) is 8.05. The van der Waals surface area contributed by atoms with Gasteiger partial charge < -0.3 is 4.98 Å². The molecule has 2 N–H and O–H groups in total. The zero-order chi connectivity index (χ0) is 16.2. The van der Waals surface area contributed by atoms with Crippen LogP contribution in [0.5, 0.6) is 0 Å². The van der Waals surface area contributed by atoms with E-state index in [2.05, 4.69) is 15.3 Å². The molecular formula is C18H21N3O2. The van der Waals surface area contributed by atoms with E-state index < -0.39 is 0 Å². The van der Waals surface area contributed by atoms with E-state index in [9.17, 15) is 9.59 Å². The molecule has 0 bridgehead atoms. The van der Waals surface area contributed by atoms with Crippen molar-refractivity contribution in [3.05, 3.63) is 47.8 Å². The fourth-order valence-corrected chi connectivity index (χ4v) is 3.04. The average Bonchev–Trinajstić information content (AvgIpc) is 3.20. The van der Waals surface area contributed by atoms with Gasteiger partial charge in [0, 0.05) is 24.7 Å². The third-order valence-corrected chi connectivity index (χ3v) is 4.53. The maximum absolute atomic E-state index is 12.2. The molecule has 1 aromatic carbocycles. The lowest BCUT2D eigenvalue weighted by molar-refractivity contribution is -0.120. The molecule has 0 unspecified atom stereocenters. The lowest BCUT2D eigenvalue weighted by Gasteiger charge is -2.13. The Morgan fingerprint density at radius 1 is 1.39 bits per heavy atom. The van der Waals surface area contributed by atoms with Gasteiger partial charge in [-0.05, 0) is 37.3 Å². The first-order valence-electron chi connectivity index (χ1n) is 8.05. The highest BCUT2D eigenvalue weighted by Gasteiger charge is 2.24. The number of ketones is 1. The molecule has 1 aliphatic carbocycles. The molecule has 1 amide bonds. The molecule has 1 aliphatic rings. The van der Waals surface area contributed by atoms with Crippen LogP contribution < -0.4 is 5.32 Å². The van der Waals surface area contributed by atoms with E-state index in [0.29, 0.717) is 11.7 Å². The predicted molar refractivity (Wildman–Crippen MR) is 88.1 cm³/mol. The van der Waals surface area contributed by atoms with Gasteiger partial charge in [-0.25, -0.2) is 4.98 Å². The number of aromatic amines is 1. The van der Waals surface area contributed by atoms with Gasteiger partial charge in [0.15, 0.2) is 0 Å². The number of hydrogen-bond donors (Lipinski definition) is 2. The summed E-state index contributed by atoms with van der Waals surface area (Å²) in [4.78, 5) is 30.8. The van der Waals surface area contributed by atoms with Crippen molar-refractivity contribution in [1.82, 2.24) is 9.97 Å². The number of imidazole rings is 1. The standard InChI is InChI=1S/C18H21N3O2/c1-12(17(23)21-18-19-9-10-20-18)14-7-5-13(6-8-14)11-15-3-2-4-16(15)22/h5-10,12,15H,2-4,11H2,1H3,(H2,19,20,21,23)/t12-,15-/m0/s1. The van der Waals surface area contributed by atoms with Crippen LogP contribution in [0, 0.1) is 5.92 Å². The fourth-order valence-electron chi connectivity index (χ4n) is 3.04. The number of hydrogen-bond acceptors (Lipinski definition) is 3. The topological polar surface area (TPSA) is 74.8 Å². The van der Waals surface area contributed by atoms with Crippen molar-refractivity contribution in [2.75, 3.05) is 5.32 Å². The maximum Gasteiger partial charge on any atom is 0.233 e. The van der Waals surface area contributed by atoms with E-state index in [1.165, 1.54) is 0 Å². The molecule has 5 nitrogen and oxygen atoms in total. The summed E-state index contributed by atoms with van der Waals surface area (Å²) in [5.74, 6) is 0.667. The van der Waals surface area contributed by atoms with Crippen molar-refractivity contribution in [2.24, 2.45) is 5.92 Å². The fraction of sp³-hybridized carbons (Fsp3) is 0.389. The highest BCUT2D eigenvalue weighted by molar-refractivity contribution is 5.94. The zero-order valence-corrected chi connectivity index (χ0v) is 13.2. The van der Waals surface area contributed by atoms with Gasteiger partial charge in [-0.2, -0.15) is 0 Å². The Hall–Kier alpha value is -2.43. The summed E-state index contributed by atoms with van der Waals surface area (Å²) in [6, 6.07) is 8.00. The number of benzene rings is 1. The Morgan fingerprint density at radius 3 is 2.78 bits per heavy atom. The van der Waals surface area contributed by atoms with Crippen LogP contribution in [0.2, 0.25) is 0 Å². The smallest absolute Gasteiger partial charge is 0.233 e. The van der Waals surface area contributed by atoms with Gasteiger partial charge in [0.05, 0.1) is 5.92 Å². The van der Waals surface area contributed by atoms with Crippen molar-refractivity contribution in [3.8, 4) is 0 Å². The number of rotatable bonds is 5. The van der Waals surface area contributed by atoms with Gasteiger partial charge in [-0.15, -0.1) is 0 Å². The van der Waals surface area contributed by atoms with Crippen LogP contribution in [-0.4, -0.2) is 21.7 Å². The van der Waals surface area contributed by atoms with Crippen LogP contribution in [0.1, 0.15) is 43.2 Å². The maximum atomic E-state index is 12.2. The Balaban J connectivity index is 1.61. The van der Waals surface area contributed by atoms with Crippen molar-refractivity contribution in [1.29, 1.82) is 0 Å². The molecule has 120 valence electrons. The van der Waals surface area contributed by atoms with E-state index in [4.69, 9.17) is 0 Å². The minimum atomic E-state index is -0.262. The Morgan fingerprint density at radius 2 is 2.17 bits per heavy atom. The van der Waals surface area contributed by atoms with Crippen molar-refractivity contribution < 1.29 is 9.59 Å². The molecule has 0 spiro atoms. The summed E-state index contributed by atoms with van der Waals surface area (Å²) in [6.45, 7) is 1.87. The SMILES string of the molecule is C[C@H](C(=O)Nc1ncc[nH]1)c1ccc(C[C@@H]2CCCC2=O)cc1. The lowest BCUT2D eigenvalue weighted by atomic mass is 9.94. The molecule has 1 aromatic heterocycles. The Kier molecular flexibility index (Phi) is 4.55. The molecule has 0 aliphatic heterocycles. The minimum Gasteiger partial charge on any atom is -0.331 e. The first-order chi connectivity index (χ1) is 11.1. The number of anilines is 1. The number of nitrogens with one attached hydrogen (secondary N) is 2. The summed E-state index contributed by atoms with van der Waals surface area (Å²) in [5.41, 5.74) is 2.11. The summed E-state index contributed by atoms with van der Waals surface area (Å²) < 4.78 is 0. The quantitative estimate of drug-likeness (QED) is 0.891. The van der Waals surface area contributed by atoms with E-state index >= 15 is 0 Å². The summed E-state index contributed by atoms with van der Waals surface area (Å²) in [7, 11) is 0. The number of amides is 1. The monoisotopic (exact) mass is 311 g/mol. The number of carbonyl (C=O) groups is 2. The molecule has 1 saturated carbocycles. The molecule has 3 rings (SSSR count). The van der Waals surface area contributed by atoms with Gasteiger partial charge in [-0.3, -0.25) is 14.9 Å². The van der Waals surface area contributed by atoms with Crippen LogP contribution in [0.3, 0.4) is 0 Å². The van der Waals surface area contributed by atoms with Crippen LogP contribution >= 0.6 is 0 Å². The molecule has 23 heavy (non-hydrogen) atoms. The van der Waals surface area contributed by atoms with Gasteiger partial charge in [0.1, 0.15) is 5.78 Å². The Bertz CT molecular complexity index is 677. The first kappa shape index (κ1) is 15.5. The third kappa shape index (κ3) is 3.67. The summed E-state index contributed by atoms with van der Waals surface area (Å²) >= 11 is 0. The number of aromatic nitrogens is 2. The van der Waals surface area contributed by atoms with E-state index in [1.54, 1.807) is 12.4 Å². The molecule has 1 heterocycles. The number of H-pyrrole nitrogens is 1. The normalized spacial score (nSPS) is 18.8. The Labute approximate surface area is 135 Å². The van der Waals surface area contributed by atoms with Crippen molar-refractivity contribution >= 4 is 17.6 Å². The lowest BCUT2D eigenvalue weighted by Crippen LogP contribution is -2.19. The molecular weight excluding hydrogens is 290 g/mol. The second kappa shape index (κ2) is 6.77. The third-order valence-electron chi connectivity index (χ3n) is 4.53. The number of Topliss-reactive ketones (excluding diaryl/α,β-unsaturated/α-hetero) is 1. The summed E-state index contributed by atoms with van der Waals surface area (Å²) in [5, 5.41) is 2.75. The van der Waals surface area contributed by atoms with Gasteiger partial charge in [-0.1, -0.05) is 24.3 Å². The van der Waals surface area contributed by atoms with Crippen LogP contribution in [-0.2, 0) is 16.0 Å².